The Morgan fingerprint density at radius 3 is 2.84 bits per heavy atom. The second-order valence-electron chi connectivity index (χ2n) is 4.90. The van der Waals surface area contributed by atoms with Crippen molar-refractivity contribution >= 4 is 11.9 Å². The van der Waals surface area contributed by atoms with Crippen LogP contribution >= 0.6 is 0 Å². The molecule has 1 saturated heterocycles. The molecule has 1 aromatic heterocycles. The average Bonchev–Trinajstić information content (AvgIpc) is 2.64. The summed E-state index contributed by atoms with van der Waals surface area (Å²) in [5, 5.41) is 8.82. The molecule has 1 fully saturated rings. The highest BCUT2D eigenvalue weighted by Crippen LogP contribution is 2.21. The summed E-state index contributed by atoms with van der Waals surface area (Å²) in [6.45, 7) is 1.30. The van der Waals surface area contributed by atoms with Crippen LogP contribution in [-0.4, -0.2) is 40.0 Å². The molecule has 5 nitrogen and oxygen atoms in total. The number of hydrogen-bond acceptors (Lipinski definition) is 3. The summed E-state index contributed by atoms with van der Waals surface area (Å²) in [6.07, 6.45) is 4.30. The van der Waals surface area contributed by atoms with Crippen LogP contribution in [0.1, 0.15) is 36.2 Å². The first-order chi connectivity index (χ1) is 9.16. The minimum atomic E-state index is -0.755. The maximum absolute atomic E-state index is 12.2. The third kappa shape index (κ3) is 3.77. The van der Waals surface area contributed by atoms with Crippen molar-refractivity contribution in [2.24, 2.45) is 5.92 Å². The van der Waals surface area contributed by atoms with E-state index in [1.165, 1.54) is 0 Å². The first-order valence-electron chi connectivity index (χ1n) is 6.59. The van der Waals surface area contributed by atoms with E-state index in [4.69, 9.17) is 5.11 Å². The predicted molar refractivity (Wildman–Crippen MR) is 69.7 cm³/mol. The van der Waals surface area contributed by atoms with E-state index in [-0.39, 0.29) is 18.2 Å². The lowest BCUT2D eigenvalue weighted by molar-refractivity contribution is -0.138. The molecular formula is C14H18N2O3. The molecule has 0 saturated carbocycles. The summed E-state index contributed by atoms with van der Waals surface area (Å²) in [7, 11) is 0. The number of aromatic nitrogens is 1. The monoisotopic (exact) mass is 262 g/mol. The standard InChI is InChI=1S/C14H18N2O3/c17-13(18)10-11-4-3-8-16(9-6-11)14(19)12-5-1-2-7-15-12/h1-2,5,7,11H,3-4,6,8-10H2,(H,17,18)/t11-/m1/s1. The molecule has 0 spiro atoms. The van der Waals surface area contributed by atoms with E-state index in [9.17, 15) is 9.59 Å². The highest BCUT2D eigenvalue weighted by molar-refractivity contribution is 5.92. The summed E-state index contributed by atoms with van der Waals surface area (Å²) < 4.78 is 0. The number of pyridine rings is 1. The summed E-state index contributed by atoms with van der Waals surface area (Å²) >= 11 is 0. The fraction of sp³-hybridized carbons (Fsp3) is 0.500. The van der Waals surface area contributed by atoms with E-state index in [1.807, 2.05) is 0 Å². The fourth-order valence-corrected chi connectivity index (χ4v) is 2.47. The van der Waals surface area contributed by atoms with Gasteiger partial charge in [-0.2, -0.15) is 0 Å². The van der Waals surface area contributed by atoms with E-state index < -0.39 is 5.97 Å². The molecule has 1 aliphatic rings. The Kier molecular flexibility index (Phi) is 4.49. The summed E-state index contributed by atoms with van der Waals surface area (Å²) in [4.78, 5) is 28.8. The Balaban J connectivity index is 1.96. The third-order valence-corrected chi connectivity index (χ3v) is 3.48. The first-order valence-corrected chi connectivity index (χ1v) is 6.59. The number of rotatable bonds is 3. The van der Waals surface area contributed by atoms with Crippen LogP contribution in [-0.2, 0) is 4.79 Å². The number of carboxylic acids is 1. The van der Waals surface area contributed by atoms with E-state index in [1.54, 1.807) is 29.3 Å². The zero-order chi connectivity index (χ0) is 13.7. The lowest BCUT2D eigenvalue weighted by Gasteiger charge is -2.20. The number of amides is 1. The quantitative estimate of drug-likeness (QED) is 0.901. The van der Waals surface area contributed by atoms with E-state index in [0.717, 1.165) is 19.3 Å². The smallest absolute Gasteiger partial charge is 0.303 e. The van der Waals surface area contributed by atoms with Gasteiger partial charge < -0.3 is 10.0 Å². The van der Waals surface area contributed by atoms with Crippen molar-refractivity contribution in [3.8, 4) is 0 Å². The minimum absolute atomic E-state index is 0.0587. The first kappa shape index (κ1) is 13.5. The van der Waals surface area contributed by atoms with Gasteiger partial charge in [-0.25, -0.2) is 0 Å². The minimum Gasteiger partial charge on any atom is -0.481 e. The van der Waals surface area contributed by atoms with Crippen LogP contribution in [0.15, 0.2) is 24.4 Å². The van der Waals surface area contributed by atoms with Gasteiger partial charge in [0.1, 0.15) is 5.69 Å². The molecule has 0 unspecified atom stereocenters. The highest BCUT2D eigenvalue weighted by atomic mass is 16.4. The van der Waals surface area contributed by atoms with Crippen LogP contribution in [0, 0.1) is 5.92 Å². The molecule has 1 aromatic rings. The Morgan fingerprint density at radius 1 is 1.32 bits per heavy atom. The van der Waals surface area contributed by atoms with Crippen molar-refractivity contribution in [1.82, 2.24) is 9.88 Å². The number of carboxylic acid groups (broad SMARTS) is 1. The van der Waals surface area contributed by atoms with Crippen molar-refractivity contribution in [2.75, 3.05) is 13.1 Å². The van der Waals surface area contributed by atoms with Crippen LogP contribution in [0.25, 0.3) is 0 Å². The molecule has 0 aromatic carbocycles. The van der Waals surface area contributed by atoms with Gasteiger partial charge in [-0.05, 0) is 37.3 Å². The maximum Gasteiger partial charge on any atom is 0.303 e. The molecular weight excluding hydrogens is 244 g/mol. The van der Waals surface area contributed by atoms with Crippen LogP contribution < -0.4 is 0 Å². The number of carbonyl (C=O) groups excluding carboxylic acids is 1. The molecule has 1 atom stereocenters. The van der Waals surface area contributed by atoms with E-state index >= 15 is 0 Å². The molecule has 19 heavy (non-hydrogen) atoms. The molecule has 1 amide bonds. The molecule has 1 aliphatic heterocycles. The lowest BCUT2D eigenvalue weighted by Crippen LogP contribution is -2.32. The second kappa shape index (κ2) is 6.31. The van der Waals surface area contributed by atoms with Gasteiger partial charge >= 0.3 is 5.97 Å². The second-order valence-corrected chi connectivity index (χ2v) is 4.90. The Labute approximate surface area is 112 Å². The maximum atomic E-state index is 12.2. The summed E-state index contributed by atoms with van der Waals surface area (Å²) in [5.74, 6) is -0.634. The van der Waals surface area contributed by atoms with E-state index in [0.29, 0.717) is 18.8 Å². The summed E-state index contributed by atoms with van der Waals surface area (Å²) in [6, 6.07) is 5.29. The largest absolute Gasteiger partial charge is 0.481 e. The Morgan fingerprint density at radius 2 is 2.16 bits per heavy atom. The van der Waals surface area contributed by atoms with Crippen molar-refractivity contribution < 1.29 is 14.7 Å². The van der Waals surface area contributed by atoms with Gasteiger partial charge in [-0.15, -0.1) is 0 Å². The molecule has 102 valence electrons. The number of hydrogen-bond donors (Lipinski definition) is 1. The number of aliphatic carboxylic acids is 1. The topological polar surface area (TPSA) is 70.5 Å². The highest BCUT2D eigenvalue weighted by Gasteiger charge is 2.23. The van der Waals surface area contributed by atoms with E-state index in [2.05, 4.69) is 4.98 Å². The molecule has 1 N–H and O–H groups in total. The van der Waals surface area contributed by atoms with Crippen molar-refractivity contribution in [3.05, 3.63) is 30.1 Å². The van der Waals surface area contributed by atoms with Gasteiger partial charge in [0.2, 0.25) is 0 Å². The predicted octanol–water partition coefficient (Wildman–Crippen LogP) is 1.80. The number of nitrogens with zero attached hydrogens (tertiary/aromatic N) is 2. The van der Waals surface area contributed by atoms with Gasteiger partial charge in [0, 0.05) is 25.7 Å². The molecule has 0 bridgehead atoms. The van der Waals surface area contributed by atoms with Gasteiger partial charge in [0.05, 0.1) is 0 Å². The molecule has 5 heteroatoms. The SMILES string of the molecule is O=C(O)C[C@@H]1CCCN(C(=O)c2ccccn2)CC1. The normalized spacial score (nSPS) is 19.8. The molecule has 0 radical (unpaired) electrons. The van der Waals surface area contributed by atoms with Gasteiger partial charge in [-0.3, -0.25) is 14.6 Å². The van der Waals surface area contributed by atoms with Crippen molar-refractivity contribution in [2.45, 2.75) is 25.7 Å². The summed E-state index contributed by atoms with van der Waals surface area (Å²) in [5.41, 5.74) is 0.458. The van der Waals surface area contributed by atoms with Crippen molar-refractivity contribution in [3.63, 3.8) is 0 Å². The zero-order valence-corrected chi connectivity index (χ0v) is 10.8. The Hall–Kier alpha value is -1.91. The molecule has 2 rings (SSSR count). The van der Waals surface area contributed by atoms with Crippen LogP contribution in [0.4, 0.5) is 0 Å². The molecule has 0 aliphatic carbocycles. The van der Waals surface area contributed by atoms with Gasteiger partial charge in [0.15, 0.2) is 0 Å². The van der Waals surface area contributed by atoms with Crippen LogP contribution in [0.2, 0.25) is 0 Å². The third-order valence-electron chi connectivity index (χ3n) is 3.48. The number of likely N-dealkylation sites (tertiary alicyclic amines) is 1. The van der Waals surface area contributed by atoms with Crippen LogP contribution in [0.3, 0.4) is 0 Å². The fourth-order valence-electron chi connectivity index (χ4n) is 2.47. The number of carbonyl (C=O) groups is 2. The molecule has 2 heterocycles. The Bertz CT molecular complexity index is 447. The van der Waals surface area contributed by atoms with Gasteiger partial charge in [0.25, 0.3) is 5.91 Å². The van der Waals surface area contributed by atoms with Crippen molar-refractivity contribution in [1.29, 1.82) is 0 Å². The zero-order valence-electron chi connectivity index (χ0n) is 10.8. The lowest BCUT2D eigenvalue weighted by atomic mass is 9.97. The van der Waals surface area contributed by atoms with Crippen LogP contribution in [0.5, 0.6) is 0 Å². The average molecular weight is 262 g/mol. The van der Waals surface area contributed by atoms with Gasteiger partial charge in [-0.1, -0.05) is 6.07 Å².